The van der Waals surface area contributed by atoms with Crippen molar-refractivity contribution in [2.24, 2.45) is 4.99 Å². The van der Waals surface area contributed by atoms with Gasteiger partial charge in [0.05, 0.1) is 25.3 Å². The maximum absolute atomic E-state index is 12.7. The van der Waals surface area contributed by atoms with Crippen molar-refractivity contribution in [2.75, 3.05) is 45.9 Å². The highest BCUT2D eigenvalue weighted by atomic mass is 16.6. The van der Waals surface area contributed by atoms with Crippen molar-refractivity contribution in [3.63, 3.8) is 0 Å². The molecule has 3 aliphatic heterocycles. The molecule has 3 saturated heterocycles. The number of piperidine rings is 1. The minimum absolute atomic E-state index is 0.0808. The van der Waals surface area contributed by atoms with Crippen molar-refractivity contribution in [1.29, 1.82) is 0 Å². The van der Waals surface area contributed by atoms with E-state index in [0.29, 0.717) is 13.2 Å². The molecular formula is C22H40N4O4. The summed E-state index contributed by atoms with van der Waals surface area (Å²) in [6, 6.07) is 0.0808. The van der Waals surface area contributed by atoms with E-state index in [4.69, 9.17) is 19.2 Å². The van der Waals surface area contributed by atoms with Crippen molar-refractivity contribution in [3.8, 4) is 0 Å². The fourth-order valence-electron chi connectivity index (χ4n) is 4.36. The molecule has 30 heavy (non-hydrogen) atoms. The Bertz CT molecular complexity index is 586. The third-order valence-corrected chi connectivity index (χ3v) is 5.81. The van der Waals surface area contributed by atoms with Gasteiger partial charge in [-0.05, 0) is 59.8 Å². The molecule has 3 fully saturated rings. The van der Waals surface area contributed by atoms with E-state index < -0.39 is 5.60 Å². The second-order valence-corrected chi connectivity index (χ2v) is 9.42. The zero-order valence-corrected chi connectivity index (χ0v) is 19.2. The number of hydrogen-bond acceptors (Lipinski definition) is 5. The summed E-state index contributed by atoms with van der Waals surface area (Å²) in [6.07, 6.45) is 5.34. The molecule has 8 nitrogen and oxygen atoms in total. The van der Waals surface area contributed by atoms with Crippen LogP contribution in [-0.4, -0.2) is 91.6 Å². The highest BCUT2D eigenvalue weighted by Crippen LogP contribution is 2.22. The van der Waals surface area contributed by atoms with Crippen LogP contribution in [0.4, 0.5) is 4.79 Å². The van der Waals surface area contributed by atoms with Crippen LogP contribution in [0.5, 0.6) is 0 Å². The minimum atomic E-state index is -0.484. The molecule has 0 spiro atoms. The first kappa shape index (κ1) is 23.1. The lowest BCUT2D eigenvalue weighted by Crippen LogP contribution is -2.54. The van der Waals surface area contributed by atoms with Crippen molar-refractivity contribution in [2.45, 2.75) is 83.6 Å². The van der Waals surface area contributed by atoms with Crippen LogP contribution in [0.1, 0.15) is 59.8 Å². The summed E-state index contributed by atoms with van der Waals surface area (Å²) in [7, 11) is 0. The third kappa shape index (κ3) is 6.48. The number of morpholine rings is 1. The molecule has 0 aromatic heterocycles. The summed E-state index contributed by atoms with van der Waals surface area (Å²) in [5, 5.41) is 3.43. The van der Waals surface area contributed by atoms with Crippen molar-refractivity contribution >= 4 is 12.1 Å². The second kappa shape index (κ2) is 10.7. The molecule has 3 atom stereocenters. The number of carbonyl (C=O) groups excluding carboxylic acids is 1. The average Bonchev–Trinajstić information content (AvgIpc) is 3.25. The van der Waals surface area contributed by atoms with Gasteiger partial charge in [-0.2, -0.15) is 0 Å². The first-order chi connectivity index (χ1) is 14.4. The molecule has 0 aromatic rings. The summed E-state index contributed by atoms with van der Waals surface area (Å²) in [4.78, 5) is 21.8. The van der Waals surface area contributed by atoms with Crippen LogP contribution in [-0.2, 0) is 14.2 Å². The molecule has 0 saturated carbocycles. The Kier molecular flexibility index (Phi) is 8.22. The molecule has 0 bridgehead atoms. The van der Waals surface area contributed by atoms with E-state index in [-0.39, 0.29) is 24.3 Å². The Morgan fingerprint density at radius 3 is 2.60 bits per heavy atom. The van der Waals surface area contributed by atoms with Gasteiger partial charge in [0.25, 0.3) is 0 Å². The number of aliphatic imine (C=N–C) groups is 1. The van der Waals surface area contributed by atoms with E-state index in [2.05, 4.69) is 17.1 Å². The van der Waals surface area contributed by atoms with Crippen molar-refractivity contribution in [1.82, 2.24) is 15.1 Å². The van der Waals surface area contributed by atoms with Gasteiger partial charge in [0.15, 0.2) is 5.96 Å². The van der Waals surface area contributed by atoms with Gasteiger partial charge >= 0.3 is 6.09 Å². The lowest BCUT2D eigenvalue weighted by atomic mass is 10.0. The van der Waals surface area contributed by atoms with Crippen molar-refractivity contribution < 1.29 is 19.0 Å². The topological polar surface area (TPSA) is 75.6 Å². The van der Waals surface area contributed by atoms with Gasteiger partial charge in [-0.15, -0.1) is 0 Å². The summed E-state index contributed by atoms with van der Waals surface area (Å²) in [5.41, 5.74) is -0.484. The van der Waals surface area contributed by atoms with E-state index in [9.17, 15) is 4.79 Å². The van der Waals surface area contributed by atoms with Crippen LogP contribution in [0, 0.1) is 0 Å². The van der Waals surface area contributed by atoms with E-state index in [1.54, 1.807) is 0 Å². The van der Waals surface area contributed by atoms with Crippen LogP contribution in [0.3, 0.4) is 0 Å². The fourth-order valence-corrected chi connectivity index (χ4v) is 4.36. The number of likely N-dealkylation sites (tertiary alicyclic amines) is 1. The first-order valence-corrected chi connectivity index (χ1v) is 11.6. The summed E-state index contributed by atoms with van der Waals surface area (Å²) in [5.74, 6) is 0.901. The van der Waals surface area contributed by atoms with Gasteiger partial charge in [0.1, 0.15) is 11.7 Å². The zero-order chi connectivity index (χ0) is 21.6. The van der Waals surface area contributed by atoms with Crippen LogP contribution in [0.2, 0.25) is 0 Å². The van der Waals surface area contributed by atoms with Gasteiger partial charge in [0, 0.05) is 32.8 Å². The van der Waals surface area contributed by atoms with Gasteiger partial charge < -0.3 is 29.3 Å². The number of hydrogen-bond donors (Lipinski definition) is 1. The Morgan fingerprint density at radius 1 is 1.10 bits per heavy atom. The summed E-state index contributed by atoms with van der Waals surface area (Å²) in [6.45, 7) is 13.1. The molecular weight excluding hydrogens is 384 g/mol. The van der Waals surface area contributed by atoms with Gasteiger partial charge in [-0.25, -0.2) is 4.79 Å². The third-order valence-electron chi connectivity index (χ3n) is 5.81. The number of carbonyl (C=O) groups is 1. The number of nitrogens with zero attached hydrogens (tertiary/aromatic N) is 3. The SMILES string of the molecule is CCNC(=NCC1CCCCN1C(=O)OC(C)(C)C)N1CCOC(C2CCCO2)C1. The van der Waals surface area contributed by atoms with E-state index in [1.807, 2.05) is 25.7 Å². The molecule has 1 amide bonds. The highest BCUT2D eigenvalue weighted by Gasteiger charge is 2.33. The maximum atomic E-state index is 12.7. The Hall–Kier alpha value is -1.54. The molecule has 3 rings (SSSR count). The number of nitrogens with one attached hydrogen (secondary N) is 1. The summed E-state index contributed by atoms with van der Waals surface area (Å²) < 4.78 is 17.5. The molecule has 8 heteroatoms. The maximum Gasteiger partial charge on any atom is 0.410 e. The fraction of sp³-hybridized carbons (Fsp3) is 0.909. The quantitative estimate of drug-likeness (QED) is 0.552. The lowest BCUT2D eigenvalue weighted by Gasteiger charge is -2.38. The minimum Gasteiger partial charge on any atom is -0.444 e. The standard InChI is InChI=1S/C22H40N4O4/c1-5-23-20(25-12-14-29-19(16-25)18-10-8-13-28-18)24-15-17-9-6-7-11-26(17)21(27)30-22(2,3)4/h17-19H,5-16H2,1-4H3,(H,23,24). The van der Waals surface area contributed by atoms with Crippen LogP contribution >= 0.6 is 0 Å². The van der Waals surface area contributed by atoms with Crippen LogP contribution < -0.4 is 5.32 Å². The molecule has 0 aliphatic carbocycles. The largest absolute Gasteiger partial charge is 0.444 e. The molecule has 3 heterocycles. The molecule has 0 aromatic carbocycles. The van der Waals surface area contributed by atoms with Gasteiger partial charge in [-0.1, -0.05) is 0 Å². The normalized spacial score (nSPS) is 28.5. The Balaban J connectivity index is 1.64. The number of ether oxygens (including phenoxy) is 3. The number of amides is 1. The Labute approximate surface area is 181 Å². The molecule has 3 unspecified atom stereocenters. The molecule has 1 N–H and O–H groups in total. The van der Waals surface area contributed by atoms with Crippen molar-refractivity contribution in [3.05, 3.63) is 0 Å². The van der Waals surface area contributed by atoms with Crippen LogP contribution in [0.25, 0.3) is 0 Å². The van der Waals surface area contributed by atoms with E-state index in [1.165, 1.54) is 0 Å². The molecule has 172 valence electrons. The number of rotatable bonds is 4. The van der Waals surface area contributed by atoms with Crippen LogP contribution in [0.15, 0.2) is 4.99 Å². The molecule has 0 radical (unpaired) electrons. The zero-order valence-electron chi connectivity index (χ0n) is 19.2. The summed E-state index contributed by atoms with van der Waals surface area (Å²) >= 11 is 0. The average molecular weight is 425 g/mol. The second-order valence-electron chi connectivity index (χ2n) is 9.42. The monoisotopic (exact) mass is 424 g/mol. The van der Waals surface area contributed by atoms with E-state index in [0.717, 1.165) is 70.8 Å². The first-order valence-electron chi connectivity index (χ1n) is 11.6. The predicted molar refractivity (Wildman–Crippen MR) is 117 cm³/mol. The molecule has 3 aliphatic rings. The van der Waals surface area contributed by atoms with Gasteiger partial charge in [0.2, 0.25) is 0 Å². The lowest BCUT2D eigenvalue weighted by molar-refractivity contribution is -0.0817. The smallest absolute Gasteiger partial charge is 0.410 e. The van der Waals surface area contributed by atoms with E-state index >= 15 is 0 Å². The van der Waals surface area contributed by atoms with Gasteiger partial charge in [-0.3, -0.25) is 4.99 Å². The highest BCUT2D eigenvalue weighted by molar-refractivity contribution is 5.80. The Morgan fingerprint density at radius 2 is 1.90 bits per heavy atom. The predicted octanol–water partition coefficient (Wildman–Crippen LogP) is 2.62. The number of guanidine groups is 1.